The van der Waals surface area contributed by atoms with Crippen LogP contribution in [0.15, 0.2) is 291 Å². The molecule has 79 heavy (non-hydrogen) atoms. The Hall–Kier alpha value is -9.76. The van der Waals surface area contributed by atoms with Crippen molar-refractivity contribution in [3.05, 3.63) is 347 Å². The van der Waals surface area contributed by atoms with Crippen LogP contribution in [0, 0.1) is 0 Å². The average molecular weight is 1010 g/mol. The number of fused-ring (bicyclic) bond motifs is 12. The van der Waals surface area contributed by atoms with Crippen LogP contribution in [-0.2, 0) is 16.2 Å². The first kappa shape index (κ1) is 45.4. The Balaban J connectivity index is 0.925. The van der Waals surface area contributed by atoms with Crippen molar-refractivity contribution in [1.82, 2.24) is 4.57 Å². The van der Waals surface area contributed by atoms with Crippen LogP contribution < -0.4 is 4.90 Å². The summed E-state index contributed by atoms with van der Waals surface area (Å²) < 4.78 is 2.45. The zero-order valence-electron chi connectivity index (χ0n) is 44.1. The summed E-state index contributed by atoms with van der Waals surface area (Å²) in [6.07, 6.45) is 0. The maximum absolute atomic E-state index is 2.54. The molecule has 0 atom stereocenters. The van der Waals surface area contributed by atoms with E-state index in [0.29, 0.717) is 0 Å². The zero-order valence-corrected chi connectivity index (χ0v) is 44.1. The highest BCUT2D eigenvalue weighted by Crippen LogP contribution is 2.60. The molecular weight excluding hydrogens is 953 g/mol. The fraction of sp³-hybridized carbons (Fsp3) is 0.0649. The van der Waals surface area contributed by atoms with Crippen LogP contribution in [0.1, 0.15) is 69.5 Å². The predicted molar refractivity (Wildman–Crippen MR) is 328 cm³/mol. The van der Waals surface area contributed by atoms with E-state index in [-0.39, 0.29) is 5.41 Å². The van der Waals surface area contributed by atoms with E-state index < -0.39 is 10.8 Å². The van der Waals surface area contributed by atoms with Gasteiger partial charge in [-0.2, -0.15) is 0 Å². The second kappa shape index (κ2) is 17.1. The van der Waals surface area contributed by atoms with Crippen molar-refractivity contribution in [1.29, 1.82) is 0 Å². The average Bonchev–Trinajstić information content (AvgIpc) is 3.98. The lowest BCUT2D eigenvalue weighted by Gasteiger charge is -2.35. The third-order valence-electron chi connectivity index (χ3n) is 18.1. The van der Waals surface area contributed by atoms with E-state index in [2.05, 4.69) is 315 Å². The number of para-hydroxylation sites is 2. The quantitative estimate of drug-likeness (QED) is 0.147. The summed E-state index contributed by atoms with van der Waals surface area (Å²) in [4.78, 5) is 2.54. The van der Waals surface area contributed by atoms with Gasteiger partial charge in [0.05, 0.1) is 21.9 Å². The highest BCUT2D eigenvalue weighted by Gasteiger charge is 2.48. The smallest absolute Gasteiger partial charge is 0.0714 e. The number of aromatic nitrogens is 1. The molecule has 16 rings (SSSR count). The van der Waals surface area contributed by atoms with Crippen LogP contribution in [0.4, 0.5) is 17.1 Å². The summed E-state index contributed by atoms with van der Waals surface area (Å²) in [6, 6.07) is 109. The van der Waals surface area contributed by atoms with Crippen molar-refractivity contribution in [2.75, 3.05) is 4.90 Å². The first-order valence-electron chi connectivity index (χ1n) is 27.7. The lowest BCUT2D eigenvalue weighted by atomic mass is 9.67. The van der Waals surface area contributed by atoms with Gasteiger partial charge in [-0.25, -0.2) is 0 Å². The summed E-state index contributed by atoms with van der Waals surface area (Å²) >= 11 is 0. The van der Waals surface area contributed by atoms with Crippen LogP contribution in [0.3, 0.4) is 0 Å². The fourth-order valence-electron chi connectivity index (χ4n) is 14.8. The van der Waals surface area contributed by atoms with Gasteiger partial charge in [-0.05, 0) is 150 Å². The Morgan fingerprint density at radius 1 is 0.266 bits per heavy atom. The van der Waals surface area contributed by atoms with Gasteiger partial charge in [0.15, 0.2) is 0 Å². The molecule has 0 unspecified atom stereocenters. The van der Waals surface area contributed by atoms with Gasteiger partial charge in [0, 0.05) is 38.9 Å². The largest absolute Gasteiger partial charge is 0.310 e. The molecule has 3 aliphatic rings. The molecule has 12 aromatic carbocycles. The number of benzene rings is 12. The van der Waals surface area contributed by atoms with Crippen LogP contribution >= 0.6 is 0 Å². The van der Waals surface area contributed by atoms with E-state index in [4.69, 9.17) is 0 Å². The molecule has 0 saturated heterocycles. The van der Waals surface area contributed by atoms with Crippen molar-refractivity contribution >= 4 is 38.9 Å². The van der Waals surface area contributed by atoms with Gasteiger partial charge >= 0.3 is 0 Å². The summed E-state index contributed by atoms with van der Waals surface area (Å²) in [6.45, 7) is 4.84. The molecule has 0 spiro atoms. The monoisotopic (exact) mass is 1010 g/mol. The van der Waals surface area contributed by atoms with E-state index in [0.717, 1.165) is 17.1 Å². The van der Waals surface area contributed by atoms with E-state index in [9.17, 15) is 0 Å². The minimum absolute atomic E-state index is 0.307. The summed E-state index contributed by atoms with van der Waals surface area (Å²) in [7, 11) is 0. The standard InChI is InChI=1S/C77H54N2/c1-75(2)70-48-56(39-43-61(70)62-44-41-58(49-71(62)75)79-73-37-21-17-33-64(73)65-34-18-22-38-74(65)79)78(55-42-46-69-66(47-55)60-32-16-20-36-68(60)76(69,51-23-7-3-8-24-51)52-25-9-4-10-26-52)57-40-45-63-59-31-15-19-35-67(59)77(72(63)50-57,53-27-11-5-12-28-53)54-29-13-6-14-30-54/h3-50H,1-2H3. The van der Waals surface area contributed by atoms with Gasteiger partial charge < -0.3 is 9.47 Å². The van der Waals surface area contributed by atoms with Gasteiger partial charge in [0.1, 0.15) is 0 Å². The van der Waals surface area contributed by atoms with Crippen molar-refractivity contribution in [3.8, 4) is 39.1 Å². The van der Waals surface area contributed by atoms with Crippen molar-refractivity contribution < 1.29 is 0 Å². The van der Waals surface area contributed by atoms with Crippen LogP contribution in [0.25, 0.3) is 60.9 Å². The molecule has 3 aliphatic carbocycles. The lowest BCUT2D eigenvalue weighted by Crippen LogP contribution is -2.29. The van der Waals surface area contributed by atoms with Crippen LogP contribution in [0.2, 0.25) is 0 Å². The molecule has 0 saturated carbocycles. The second-order valence-electron chi connectivity index (χ2n) is 22.3. The molecule has 372 valence electrons. The maximum Gasteiger partial charge on any atom is 0.0714 e. The van der Waals surface area contributed by atoms with Gasteiger partial charge in [0.2, 0.25) is 0 Å². The molecule has 2 heteroatoms. The first-order chi connectivity index (χ1) is 39.0. The Morgan fingerprint density at radius 3 is 1.15 bits per heavy atom. The summed E-state index contributed by atoms with van der Waals surface area (Å²) in [5.74, 6) is 0. The minimum atomic E-state index is -0.562. The van der Waals surface area contributed by atoms with Crippen molar-refractivity contribution in [2.45, 2.75) is 30.1 Å². The predicted octanol–water partition coefficient (Wildman–Crippen LogP) is 19.3. The summed E-state index contributed by atoms with van der Waals surface area (Å²) in [5, 5.41) is 2.54. The van der Waals surface area contributed by atoms with Gasteiger partial charge in [-0.1, -0.05) is 244 Å². The third kappa shape index (κ3) is 6.29. The van der Waals surface area contributed by atoms with E-state index in [1.807, 2.05) is 0 Å². The molecule has 0 aliphatic heterocycles. The Kier molecular flexibility index (Phi) is 9.85. The Labute approximate surface area is 461 Å². The first-order valence-corrected chi connectivity index (χ1v) is 27.7. The number of nitrogens with zero attached hydrogens (tertiary/aromatic N) is 2. The maximum atomic E-state index is 2.54. The number of rotatable bonds is 8. The molecule has 1 aromatic heterocycles. The summed E-state index contributed by atoms with van der Waals surface area (Å²) in [5.41, 5.74) is 26.0. The Bertz CT molecular complexity index is 4430. The molecule has 0 amide bonds. The number of hydrogen-bond acceptors (Lipinski definition) is 1. The normalized spacial score (nSPS) is 14.5. The second-order valence-corrected chi connectivity index (χ2v) is 22.3. The molecule has 13 aromatic rings. The zero-order chi connectivity index (χ0) is 52.5. The van der Waals surface area contributed by atoms with Crippen molar-refractivity contribution in [2.24, 2.45) is 0 Å². The highest BCUT2D eigenvalue weighted by molar-refractivity contribution is 6.09. The van der Waals surface area contributed by atoms with Gasteiger partial charge in [-0.3, -0.25) is 0 Å². The molecule has 0 bridgehead atoms. The molecule has 1 heterocycles. The van der Waals surface area contributed by atoms with Crippen LogP contribution in [-0.4, -0.2) is 4.57 Å². The number of anilines is 3. The van der Waals surface area contributed by atoms with E-state index in [1.165, 1.54) is 117 Å². The van der Waals surface area contributed by atoms with E-state index >= 15 is 0 Å². The highest BCUT2D eigenvalue weighted by atomic mass is 15.1. The molecule has 0 radical (unpaired) electrons. The SMILES string of the molecule is CC1(C)c2cc(N(c3ccc4c(c3)-c3ccccc3C4(c3ccccc3)c3ccccc3)c3ccc4c(c3)C(c3ccccc3)(c3ccccc3)c3ccccc3-4)ccc2-c2ccc(-n3c4ccccc4c4ccccc43)cc21. The molecule has 0 fully saturated rings. The van der Waals surface area contributed by atoms with E-state index in [1.54, 1.807) is 0 Å². The minimum Gasteiger partial charge on any atom is -0.310 e. The third-order valence-corrected chi connectivity index (χ3v) is 18.1. The number of hydrogen-bond donors (Lipinski definition) is 0. The van der Waals surface area contributed by atoms with Gasteiger partial charge in [-0.15, -0.1) is 0 Å². The van der Waals surface area contributed by atoms with Gasteiger partial charge in [0.25, 0.3) is 0 Å². The topological polar surface area (TPSA) is 8.17 Å². The molecular formula is C77H54N2. The Morgan fingerprint density at radius 2 is 0.620 bits per heavy atom. The van der Waals surface area contributed by atoms with Crippen LogP contribution in [0.5, 0.6) is 0 Å². The lowest BCUT2D eigenvalue weighted by molar-refractivity contribution is 0.660. The van der Waals surface area contributed by atoms with Crippen molar-refractivity contribution in [3.63, 3.8) is 0 Å². The molecule has 2 nitrogen and oxygen atoms in total. The molecule has 0 N–H and O–H groups in total. The fourth-order valence-corrected chi connectivity index (χ4v) is 14.8.